The molecular weight excluding hydrogens is 176 g/mol. The van der Waals surface area contributed by atoms with Gasteiger partial charge in [0.05, 0.1) is 12.2 Å². The Balaban J connectivity index is 2.79. The van der Waals surface area contributed by atoms with Crippen LogP contribution in [-0.2, 0) is 0 Å². The Morgan fingerprint density at radius 2 is 1.00 bits per heavy atom. The Kier molecular flexibility index (Phi) is 3.26. The van der Waals surface area contributed by atoms with E-state index >= 15 is 0 Å². The van der Waals surface area contributed by atoms with Crippen LogP contribution < -0.4 is 0 Å². The van der Waals surface area contributed by atoms with E-state index in [2.05, 4.69) is 0 Å². The van der Waals surface area contributed by atoms with Crippen molar-refractivity contribution in [1.29, 1.82) is 0 Å². The van der Waals surface area contributed by atoms with Gasteiger partial charge in [-0.3, -0.25) is 0 Å². The lowest BCUT2D eigenvalue weighted by Crippen LogP contribution is -2.60. The molecule has 0 heterocycles. The average molecular weight is 192 g/mol. The van der Waals surface area contributed by atoms with Gasteiger partial charge in [-0.05, 0) is 6.42 Å². The normalized spacial score (nSPS) is 52.2. The SMILES string of the molecule is CCC1C(O)[C@@H](O)C(O)[C@@H](O)[C@H]1O. The van der Waals surface area contributed by atoms with Crippen molar-refractivity contribution >= 4 is 0 Å². The fraction of sp³-hybridized carbons (Fsp3) is 1.00. The Morgan fingerprint density at radius 3 is 1.31 bits per heavy atom. The summed E-state index contributed by atoms with van der Waals surface area (Å²) < 4.78 is 0. The maximum atomic E-state index is 9.41. The molecule has 0 aromatic rings. The van der Waals surface area contributed by atoms with Gasteiger partial charge in [0.2, 0.25) is 0 Å². The first-order valence-corrected chi connectivity index (χ1v) is 4.41. The first-order valence-electron chi connectivity index (χ1n) is 4.41. The predicted octanol–water partition coefficient (Wildman–Crippen LogP) is -2.17. The number of rotatable bonds is 1. The summed E-state index contributed by atoms with van der Waals surface area (Å²) in [5.74, 6) is -0.589. The second-order valence-corrected chi connectivity index (χ2v) is 3.53. The lowest BCUT2D eigenvalue weighted by atomic mass is 9.77. The van der Waals surface area contributed by atoms with Gasteiger partial charge in [-0.25, -0.2) is 0 Å². The number of aliphatic hydroxyl groups is 5. The molecule has 6 atom stereocenters. The van der Waals surface area contributed by atoms with Gasteiger partial charge in [-0.1, -0.05) is 6.92 Å². The molecule has 1 rings (SSSR count). The monoisotopic (exact) mass is 192 g/mol. The van der Waals surface area contributed by atoms with Crippen molar-refractivity contribution in [2.75, 3.05) is 0 Å². The molecule has 13 heavy (non-hydrogen) atoms. The lowest BCUT2D eigenvalue weighted by molar-refractivity contribution is -0.204. The molecule has 0 amide bonds. The van der Waals surface area contributed by atoms with Crippen molar-refractivity contribution in [3.05, 3.63) is 0 Å². The summed E-state index contributed by atoms with van der Waals surface area (Å²) in [4.78, 5) is 0. The minimum atomic E-state index is -1.48. The van der Waals surface area contributed by atoms with E-state index in [4.69, 9.17) is 0 Å². The van der Waals surface area contributed by atoms with Gasteiger partial charge in [-0.2, -0.15) is 0 Å². The molecule has 0 spiro atoms. The predicted molar refractivity (Wildman–Crippen MR) is 43.8 cm³/mol. The molecule has 1 aliphatic rings. The number of hydrogen-bond donors (Lipinski definition) is 5. The van der Waals surface area contributed by atoms with Crippen LogP contribution >= 0.6 is 0 Å². The molecule has 0 saturated heterocycles. The van der Waals surface area contributed by atoms with Crippen molar-refractivity contribution in [2.45, 2.75) is 43.9 Å². The molecular formula is C8H16O5. The van der Waals surface area contributed by atoms with Crippen molar-refractivity contribution < 1.29 is 25.5 Å². The van der Waals surface area contributed by atoms with E-state index in [9.17, 15) is 25.5 Å². The summed E-state index contributed by atoms with van der Waals surface area (Å²) in [5.41, 5.74) is 0. The van der Waals surface area contributed by atoms with Crippen LogP contribution in [-0.4, -0.2) is 56.1 Å². The summed E-state index contributed by atoms with van der Waals surface area (Å²) in [5, 5.41) is 46.5. The molecule has 78 valence electrons. The molecule has 0 bridgehead atoms. The Morgan fingerprint density at radius 1 is 0.692 bits per heavy atom. The molecule has 1 aliphatic carbocycles. The van der Waals surface area contributed by atoms with E-state index in [1.807, 2.05) is 0 Å². The van der Waals surface area contributed by atoms with Gasteiger partial charge in [-0.15, -0.1) is 0 Å². The van der Waals surface area contributed by atoms with Crippen LogP contribution in [0.3, 0.4) is 0 Å². The van der Waals surface area contributed by atoms with Crippen LogP contribution in [0.25, 0.3) is 0 Å². The second kappa shape index (κ2) is 3.89. The summed E-state index contributed by atoms with van der Waals surface area (Å²) in [6, 6.07) is 0. The number of aliphatic hydroxyl groups excluding tert-OH is 5. The molecule has 5 nitrogen and oxygen atoms in total. The van der Waals surface area contributed by atoms with E-state index in [1.165, 1.54) is 0 Å². The zero-order valence-corrected chi connectivity index (χ0v) is 7.41. The van der Waals surface area contributed by atoms with Crippen molar-refractivity contribution in [2.24, 2.45) is 5.92 Å². The fourth-order valence-electron chi connectivity index (χ4n) is 1.80. The first-order chi connectivity index (χ1) is 6.00. The summed E-state index contributed by atoms with van der Waals surface area (Å²) in [7, 11) is 0. The van der Waals surface area contributed by atoms with E-state index in [0.717, 1.165) is 0 Å². The van der Waals surface area contributed by atoms with Crippen LogP contribution in [0, 0.1) is 5.92 Å². The minimum absolute atomic E-state index is 0.434. The van der Waals surface area contributed by atoms with Gasteiger partial charge < -0.3 is 25.5 Å². The van der Waals surface area contributed by atoms with E-state index in [1.54, 1.807) is 6.92 Å². The number of hydrogen-bond acceptors (Lipinski definition) is 5. The quantitative estimate of drug-likeness (QED) is 0.325. The molecule has 5 heteroatoms. The second-order valence-electron chi connectivity index (χ2n) is 3.53. The molecule has 5 N–H and O–H groups in total. The van der Waals surface area contributed by atoms with Crippen LogP contribution in [0.15, 0.2) is 0 Å². The largest absolute Gasteiger partial charge is 0.390 e. The van der Waals surface area contributed by atoms with E-state index in [0.29, 0.717) is 6.42 Å². The van der Waals surface area contributed by atoms with Crippen molar-refractivity contribution in [1.82, 2.24) is 0 Å². The molecule has 0 aromatic heterocycles. The Labute approximate surface area is 76.3 Å². The molecule has 3 unspecified atom stereocenters. The highest BCUT2D eigenvalue weighted by molar-refractivity contribution is 4.97. The van der Waals surface area contributed by atoms with Gasteiger partial charge in [0.1, 0.15) is 18.3 Å². The third-order valence-electron chi connectivity index (χ3n) is 2.75. The average Bonchev–Trinajstić information content (AvgIpc) is 2.13. The fourth-order valence-corrected chi connectivity index (χ4v) is 1.80. The zero-order valence-electron chi connectivity index (χ0n) is 7.41. The molecule has 0 aromatic carbocycles. The van der Waals surface area contributed by atoms with Crippen LogP contribution in [0.2, 0.25) is 0 Å². The van der Waals surface area contributed by atoms with E-state index < -0.39 is 36.4 Å². The van der Waals surface area contributed by atoms with Crippen LogP contribution in [0.1, 0.15) is 13.3 Å². The van der Waals surface area contributed by atoms with Gasteiger partial charge in [0.25, 0.3) is 0 Å². The maximum Gasteiger partial charge on any atom is 0.111 e. The van der Waals surface area contributed by atoms with Crippen molar-refractivity contribution in [3.8, 4) is 0 Å². The lowest BCUT2D eigenvalue weighted by Gasteiger charge is -2.41. The third kappa shape index (κ3) is 1.70. The smallest absolute Gasteiger partial charge is 0.111 e. The van der Waals surface area contributed by atoms with Gasteiger partial charge in [0.15, 0.2) is 0 Å². The highest BCUT2D eigenvalue weighted by atomic mass is 16.4. The topological polar surface area (TPSA) is 101 Å². The van der Waals surface area contributed by atoms with Crippen LogP contribution in [0.5, 0.6) is 0 Å². The standard InChI is InChI=1S/C8H16O5/c1-2-3-4(9)6(11)8(13)7(12)5(3)10/h3-13H,2H2,1H3/t3?,4-,5?,6-,7+,8?/m0/s1. The Hall–Kier alpha value is -0.200. The zero-order chi connectivity index (χ0) is 10.2. The summed E-state index contributed by atoms with van der Waals surface area (Å²) >= 11 is 0. The summed E-state index contributed by atoms with van der Waals surface area (Å²) in [6.07, 6.45) is -6.18. The molecule has 1 saturated carbocycles. The first kappa shape index (κ1) is 10.9. The maximum absolute atomic E-state index is 9.41. The van der Waals surface area contributed by atoms with Gasteiger partial charge >= 0.3 is 0 Å². The van der Waals surface area contributed by atoms with Crippen LogP contribution in [0.4, 0.5) is 0 Å². The molecule has 0 aliphatic heterocycles. The molecule has 0 radical (unpaired) electrons. The highest BCUT2D eigenvalue weighted by Gasteiger charge is 2.47. The molecule has 1 fully saturated rings. The Bertz CT molecular complexity index is 158. The van der Waals surface area contributed by atoms with Gasteiger partial charge in [0, 0.05) is 5.92 Å². The van der Waals surface area contributed by atoms with Crippen molar-refractivity contribution in [3.63, 3.8) is 0 Å². The summed E-state index contributed by atoms with van der Waals surface area (Å²) in [6.45, 7) is 1.73. The third-order valence-corrected chi connectivity index (χ3v) is 2.75. The minimum Gasteiger partial charge on any atom is -0.390 e. The van der Waals surface area contributed by atoms with E-state index in [-0.39, 0.29) is 0 Å². The highest BCUT2D eigenvalue weighted by Crippen LogP contribution is 2.28.